The lowest BCUT2D eigenvalue weighted by Gasteiger charge is -2.05. The Bertz CT molecular complexity index is 305. The zero-order valence-electron chi connectivity index (χ0n) is 9.75. The molecule has 1 aliphatic carbocycles. The summed E-state index contributed by atoms with van der Waals surface area (Å²) in [6, 6.07) is 0. The number of oxazole rings is 1. The van der Waals surface area contributed by atoms with Gasteiger partial charge in [0.15, 0.2) is 5.89 Å². The van der Waals surface area contributed by atoms with Crippen LogP contribution in [0.4, 0.5) is 0 Å². The molecule has 3 heteroatoms. The second-order valence-electron chi connectivity index (χ2n) is 4.70. The van der Waals surface area contributed by atoms with Crippen LogP contribution in [0.2, 0.25) is 0 Å². The summed E-state index contributed by atoms with van der Waals surface area (Å²) >= 11 is 5.64. The number of hydrogen-bond donors (Lipinski definition) is 0. The Hall–Kier alpha value is -0.500. The van der Waals surface area contributed by atoms with Gasteiger partial charge >= 0.3 is 0 Å². The van der Waals surface area contributed by atoms with Crippen molar-refractivity contribution in [1.82, 2.24) is 4.98 Å². The fourth-order valence-corrected chi connectivity index (χ4v) is 2.58. The number of nitrogens with zero attached hydrogens (tertiary/aromatic N) is 1. The molecule has 0 atom stereocenters. The summed E-state index contributed by atoms with van der Waals surface area (Å²) in [5, 5.41) is 0. The Labute approximate surface area is 102 Å². The van der Waals surface area contributed by atoms with Crippen LogP contribution in [0, 0.1) is 5.92 Å². The number of alkyl halides is 1. The SMILES string of the molecule is ClCCCc1ncc(CCC2CCCC2)o1. The maximum Gasteiger partial charge on any atom is 0.194 e. The summed E-state index contributed by atoms with van der Waals surface area (Å²) in [7, 11) is 0. The van der Waals surface area contributed by atoms with Crippen molar-refractivity contribution in [2.75, 3.05) is 5.88 Å². The maximum absolute atomic E-state index is 5.68. The summed E-state index contributed by atoms with van der Waals surface area (Å²) in [6.45, 7) is 0. The average Bonchev–Trinajstić information content (AvgIpc) is 2.95. The topological polar surface area (TPSA) is 26.0 Å². The van der Waals surface area contributed by atoms with Crippen LogP contribution in [-0.2, 0) is 12.8 Å². The number of aryl methyl sites for hydroxylation is 2. The first kappa shape index (κ1) is 12.0. The van der Waals surface area contributed by atoms with Crippen molar-refractivity contribution >= 4 is 11.6 Å². The Morgan fingerprint density at radius 2 is 2.12 bits per heavy atom. The highest BCUT2D eigenvalue weighted by Gasteiger charge is 2.15. The second-order valence-corrected chi connectivity index (χ2v) is 5.08. The van der Waals surface area contributed by atoms with Crippen molar-refractivity contribution in [2.24, 2.45) is 5.92 Å². The fourth-order valence-electron chi connectivity index (χ4n) is 2.44. The molecule has 0 saturated heterocycles. The molecule has 0 spiro atoms. The molecule has 0 N–H and O–H groups in total. The number of rotatable bonds is 6. The van der Waals surface area contributed by atoms with Gasteiger partial charge in [-0.15, -0.1) is 11.6 Å². The third-order valence-electron chi connectivity index (χ3n) is 3.40. The number of aromatic nitrogens is 1. The van der Waals surface area contributed by atoms with Crippen LogP contribution < -0.4 is 0 Å². The van der Waals surface area contributed by atoms with Gasteiger partial charge in [-0.1, -0.05) is 25.7 Å². The predicted octanol–water partition coefficient (Wildman–Crippen LogP) is 3.97. The average molecular weight is 242 g/mol. The van der Waals surface area contributed by atoms with E-state index in [4.69, 9.17) is 16.0 Å². The summed E-state index contributed by atoms with van der Waals surface area (Å²) in [4.78, 5) is 4.27. The lowest BCUT2D eigenvalue weighted by atomic mass is 10.0. The summed E-state index contributed by atoms with van der Waals surface area (Å²) < 4.78 is 5.68. The Morgan fingerprint density at radius 1 is 1.31 bits per heavy atom. The molecule has 1 heterocycles. The summed E-state index contributed by atoms with van der Waals surface area (Å²) in [6.07, 6.45) is 11.7. The third-order valence-corrected chi connectivity index (χ3v) is 3.67. The lowest BCUT2D eigenvalue weighted by molar-refractivity contribution is 0.421. The van der Waals surface area contributed by atoms with Gasteiger partial charge in [0.25, 0.3) is 0 Å². The molecule has 1 aliphatic rings. The molecular formula is C13H20ClNO. The highest BCUT2D eigenvalue weighted by molar-refractivity contribution is 6.17. The van der Waals surface area contributed by atoms with Gasteiger partial charge in [-0.05, 0) is 18.8 Å². The van der Waals surface area contributed by atoms with E-state index in [1.54, 1.807) is 0 Å². The van der Waals surface area contributed by atoms with Gasteiger partial charge in [0, 0.05) is 18.7 Å². The number of halogens is 1. The van der Waals surface area contributed by atoms with Crippen LogP contribution in [0.15, 0.2) is 10.6 Å². The van der Waals surface area contributed by atoms with Gasteiger partial charge in [-0.2, -0.15) is 0 Å². The first-order chi connectivity index (χ1) is 7.88. The van der Waals surface area contributed by atoms with E-state index in [1.165, 1.54) is 32.1 Å². The molecule has 2 nitrogen and oxygen atoms in total. The molecule has 90 valence electrons. The zero-order valence-corrected chi connectivity index (χ0v) is 10.5. The molecular weight excluding hydrogens is 222 g/mol. The van der Waals surface area contributed by atoms with Crippen LogP contribution in [-0.4, -0.2) is 10.9 Å². The van der Waals surface area contributed by atoms with Gasteiger partial charge in [0.1, 0.15) is 5.76 Å². The predicted molar refractivity (Wildman–Crippen MR) is 65.8 cm³/mol. The normalized spacial score (nSPS) is 17.1. The molecule has 0 aliphatic heterocycles. The van der Waals surface area contributed by atoms with E-state index < -0.39 is 0 Å². The molecule has 1 aromatic rings. The van der Waals surface area contributed by atoms with Crippen molar-refractivity contribution in [1.29, 1.82) is 0 Å². The molecule has 1 aromatic heterocycles. The Morgan fingerprint density at radius 3 is 2.88 bits per heavy atom. The molecule has 0 bridgehead atoms. The first-order valence-electron chi connectivity index (χ1n) is 6.38. The smallest absolute Gasteiger partial charge is 0.194 e. The molecule has 1 saturated carbocycles. The van der Waals surface area contributed by atoms with Crippen LogP contribution in [0.5, 0.6) is 0 Å². The van der Waals surface area contributed by atoms with E-state index in [9.17, 15) is 0 Å². The standard InChI is InChI=1S/C13H20ClNO/c14-9-3-6-13-15-10-12(16-13)8-7-11-4-1-2-5-11/h10-11H,1-9H2. The highest BCUT2D eigenvalue weighted by Crippen LogP contribution is 2.28. The fraction of sp³-hybridized carbons (Fsp3) is 0.769. The number of hydrogen-bond acceptors (Lipinski definition) is 2. The van der Waals surface area contributed by atoms with Gasteiger partial charge < -0.3 is 4.42 Å². The van der Waals surface area contributed by atoms with E-state index in [1.807, 2.05) is 6.20 Å². The third kappa shape index (κ3) is 3.51. The van der Waals surface area contributed by atoms with Gasteiger partial charge in [-0.3, -0.25) is 0 Å². The van der Waals surface area contributed by atoms with E-state index in [-0.39, 0.29) is 0 Å². The van der Waals surface area contributed by atoms with E-state index >= 15 is 0 Å². The van der Waals surface area contributed by atoms with Gasteiger partial charge in [0.05, 0.1) is 6.20 Å². The quantitative estimate of drug-likeness (QED) is 0.705. The van der Waals surface area contributed by atoms with Crippen molar-refractivity contribution in [3.8, 4) is 0 Å². The molecule has 0 amide bonds. The van der Waals surface area contributed by atoms with Crippen LogP contribution in [0.3, 0.4) is 0 Å². The zero-order chi connectivity index (χ0) is 11.2. The van der Waals surface area contributed by atoms with Crippen molar-refractivity contribution in [3.63, 3.8) is 0 Å². The minimum Gasteiger partial charge on any atom is -0.446 e. The maximum atomic E-state index is 5.68. The highest BCUT2D eigenvalue weighted by atomic mass is 35.5. The molecule has 16 heavy (non-hydrogen) atoms. The molecule has 0 radical (unpaired) electrons. The van der Waals surface area contributed by atoms with Crippen LogP contribution >= 0.6 is 11.6 Å². The van der Waals surface area contributed by atoms with E-state index in [2.05, 4.69) is 4.98 Å². The second kappa shape index (κ2) is 6.29. The largest absolute Gasteiger partial charge is 0.446 e. The minimum atomic E-state index is 0.680. The Balaban J connectivity index is 1.73. The van der Waals surface area contributed by atoms with Gasteiger partial charge in [-0.25, -0.2) is 4.98 Å². The summed E-state index contributed by atoms with van der Waals surface area (Å²) in [5.74, 6) is 3.51. The summed E-state index contributed by atoms with van der Waals surface area (Å²) in [5.41, 5.74) is 0. The van der Waals surface area contributed by atoms with Crippen molar-refractivity contribution in [2.45, 2.75) is 51.4 Å². The van der Waals surface area contributed by atoms with Crippen molar-refractivity contribution < 1.29 is 4.42 Å². The van der Waals surface area contributed by atoms with Crippen LogP contribution in [0.25, 0.3) is 0 Å². The molecule has 0 unspecified atom stereocenters. The molecule has 1 fully saturated rings. The lowest BCUT2D eigenvalue weighted by Crippen LogP contribution is -1.95. The van der Waals surface area contributed by atoms with E-state index in [0.717, 1.165) is 36.8 Å². The first-order valence-corrected chi connectivity index (χ1v) is 6.91. The van der Waals surface area contributed by atoms with E-state index in [0.29, 0.717) is 5.88 Å². The Kier molecular flexibility index (Phi) is 4.70. The van der Waals surface area contributed by atoms with Crippen LogP contribution in [0.1, 0.15) is 50.2 Å². The monoisotopic (exact) mass is 241 g/mol. The molecule has 0 aromatic carbocycles. The molecule has 2 rings (SSSR count). The van der Waals surface area contributed by atoms with Gasteiger partial charge in [0.2, 0.25) is 0 Å². The van der Waals surface area contributed by atoms with Crippen molar-refractivity contribution in [3.05, 3.63) is 17.8 Å². The minimum absolute atomic E-state index is 0.680.